The van der Waals surface area contributed by atoms with E-state index < -0.39 is 21.6 Å². The SMILES string of the molecule is COc1ccc(S(=O)(=O)C[C@H]2CCOC2)cc1C(=O)Nc1ccc(Cl)c(F)c1. The van der Waals surface area contributed by atoms with Gasteiger partial charge in [0, 0.05) is 12.3 Å². The van der Waals surface area contributed by atoms with Crippen molar-refractivity contribution < 1.29 is 27.1 Å². The summed E-state index contributed by atoms with van der Waals surface area (Å²) in [5, 5.41) is 2.45. The van der Waals surface area contributed by atoms with Crippen LogP contribution in [-0.2, 0) is 14.6 Å². The van der Waals surface area contributed by atoms with Crippen LogP contribution in [0.5, 0.6) is 5.75 Å². The Labute approximate surface area is 167 Å². The summed E-state index contributed by atoms with van der Waals surface area (Å²) in [6.45, 7) is 0.957. The highest BCUT2D eigenvalue weighted by Gasteiger charge is 2.26. The van der Waals surface area contributed by atoms with Crippen molar-refractivity contribution in [3.63, 3.8) is 0 Å². The minimum Gasteiger partial charge on any atom is -0.496 e. The second-order valence-corrected chi connectivity index (χ2v) is 8.90. The lowest BCUT2D eigenvalue weighted by molar-refractivity contribution is 0.102. The quantitative estimate of drug-likeness (QED) is 0.762. The molecular formula is C19H19ClFNO5S. The van der Waals surface area contributed by atoms with Crippen LogP contribution < -0.4 is 10.1 Å². The van der Waals surface area contributed by atoms with Crippen LogP contribution in [0.4, 0.5) is 10.1 Å². The molecule has 0 aromatic heterocycles. The number of rotatable bonds is 6. The van der Waals surface area contributed by atoms with Crippen LogP contribution in [0.3, 0.4) is 0 Å². The third-order valence-electron chi connectivity index (χ3n) is 4.43. The van der Waals surface area contributed by atoms with Crippen molar-refractivity contribution in [3.8, 4) is 5.75 Å². The van der Waals surface area contributed by atoms with Gasteiger partial charge in [0.2, 0.25) is 0 Å². The molecule has 150 valence electrons. The van der Waals surface area contributed by atoms with Gasteiger partial charge in [0.1, 0.15) is 11.6 Å². The van der Waals surface area contributed by atoms with Crippen LogP contribution in [0.2, 0.25) is 5.02 Å². The van der Waals surface area contributed by atoms with Crippen LogP contribution in [-0.4, -0.2) is 40.4 Å². The molecular weight excluding hydrogens is 409 g/mol. The number of hydrogen-bond acceptors (Lipinski definition) is 5. The molecule has 1 aliphatic rings. The first-order valence-electron chi connectivity index (χ1n) is 8.55. The van der Waals surface area contributed by atoms with E-state index in [1.807, 2.05) is 0 Å². The van der Waals surface area contributed by atoms with E-state index in [-0.39, 0.29) is 38.6 Å². The topological polar surface area (TPSA) is 81.7 Å². The smallest absolute Gasteiger partial charge is 0.259 e. The fourth-order valence-electron chi connectivity index (χ4n) is 2.95. The number of halogens is 2. The van der Waals surface area contributed by atoms with Gasteiger partial charge in [0.15, 0.2) is 9.84 Å². The molecule has 3 rings (SSSR count). The number of amides is 1. The average molecular weight is 428 g/mol. The van der Waals surface area contributed by atoms with Crippen molar-refractivity contribution in [1.29, 1.82) is 0 Å². The van der Waals surface area contributed by atoms with Crippen LogP contribution in [0.15, 0.2) is 41.3 Å². The largest absolute Gasteiger partial charge is 0.496 e. The molecule has 1 atom stereocenters. The fraction of sp³-hybridized carbons (Fsp3) is 0.316. The molecule has 0 radical (unpaired) electrons. The summed E-state index contributed by atoms with van der Waals surface area (Å²) in [6, 6.07) is 7.93. The molecule has 1 amide bonds. The van der Waals surface area contributed by atoms with E-state index in [1.165, 1.54) is 37.4 Å². The first-order valence-corrected chi connectivity index (χ1v) is 10.6. The minimum atomic E-state index is -3.60. The minimum absolute atomic E-state index is 0.0210. The highest BCUT2D eigenvalue weighted by atomic mass is 35.5. The number of anilines is 1. The number of nitrogens with one attached hydrogen (secondary N) is 1. The van der Waals surface area contributed by atoms with Gasteiger partial charge in [-0.25, -0.2) is 12.8 Å². The van der Waals surface area contributed by atoms with Crippen LogP contribution in [0.1, 0.15) is 16.8 Å². The predicted octanol–water partition coefficient (Wildman–Crippen LogP) is 3.55. The number of carbonyl (C=O) groups excluding carboxylic acids is 1. The van der Waals surface area contributed by atoms with Gasteiger partial charge in [-0.1, -0.05) is 11.6 Å². The van der Waals surface area contributed by atoms with Gasteiger partial charge in [0.05, 0.1) is 35.0 Å². The lowest BCUT2D eigenvalue weighted by atomic mass is 10.1. The monoisotopic (exact) mass is 427 g/mol. The van der Waals surface area contributed by atoms with Crippen molar-refractivity contribution in [2.45, 2.75) is 11.3 Å². The predicted molar refractivity (Wildman–Crippen MR) is 103 cm³/mol. The van der Waals surface area contributed by atoms with Gasteiger partial charge in [-0.05, 0) is 48.7 Å². The molecule has 0 saturated carbocycles. The number of benzene rings is 2. The molecule has 9 heteroatoms. The molecule has 1 saturated heterocycles. The summed E-state index contributed by atoms with van der Waals surface area (Å²) in [5.41, 5.74) is 0.215. The second-order valence-electron chi connectivity index (χ2n) is 6.46. The first kappa shape index (κ1) is 20.6. The van der Waals surface area contributed by atoms with Gasteiger partial charge in [0.25, 0.3) is 5.91 Å². The van der Waals surface area contributed by atoms with Gasteiger partial charge >= 0.3 is 0 Å². The number of ether oxygens (including phenoxy) is 2. The highest BCUT2D eigenvalue weighted by Crippen LogP contribution is 2.27. The highest BCUT2D eigenvalue weighted by molar-refractivity contribution is 7.91. The Kier molecular flexibility index (Phi) is 6.22. The first-order chi connectivity index (χ1) is 13.3. The van der Waals surface area contributed by atoms with E-state index in [4.69, 9.17) is 21.1 Å². The summed E-state index contributed by atoms with van der Waals surface area (Å²) in [4.78, 5) is 12.7. The van der Waals surface area contributed by atoms with Gasteiger partial charge in [-0.2, -0.15) is 0 Å². The van der Waals surface area contributed by atoms with Gasteiger partial charge in [-0.15, -0.1) is 0 Å². The van der Waals surface area contributed by atoms with E-state index in [1.54, 1.807) is 0 Å². The van der Waals surface area contributed by atoms with Gasteiger partial charge in [-0.3, -0.25) is 4.79 Å². The summed E-state index contributed by atoms with van der Waals surface area (Å²) < 4.78 is 49.4. The van der Waals surface area contributed by atoms with E-state index in [9.17, 15) is 17.6 Å². The fourth-order valence-corrected chi connectivity index (χ4v) is 4.72. The zero-order valence-corrected chi connectivity index (χ0v) is 16.6. The number of carbonyl (C=O) groups is 1. The molecule has 2 aromatic carbocycles. The Morgan fingerprint density at radius 1 is 1.32 bits per heavy atom. The molecule has 0 aliphatic carbocycles. The van der Waals surface area contributed by atoms with E-state index in [2.05, 4.69) is 5.32 Å². The number of hydrogen-bond donors (Lipinski definition) is 1. The third kappa shape index (κ3) is 4.63. The van der Waals surface area contributed by atoms with Crippen LogP contribution >= 0.6 is 11.6 Å². The molecule has 1 fully saturated rings. The van der Waals surface area contributed by atoms with Crippen LogP contribution in [0, 0.1) is 11.7 Å². The maximum atomic E-state index is 13.6. The maximum absolute atomic E-state index is 13.6. The molecule has 6 nitrogen and oxygen atoms in total. The molecule has 0 spiro atoms. The molecule has 2 aromatic rings. The Morgan fingerprint density at radius 2 is 2.11 bits per heavy atom. The zero-order chi connectivity index (χ0) is 20.3. The molecule has 28 heavy (non-hydrogen) atoms. The molecule has 0 unspecified atom stereocenters. The summed E-state index contributed by atoms with van der Waals surface area (Å²) >= 11 is 5.64. The second kappa shape index (κ2) is 8.46. The Hall–Kier alpha value is -2.16. The van der Waals surface area contributed by atoms with Crippen molar-refractivity contribution in [3.05, 3.63) is 52.8 Å². The van der Waals surface area contributed by atoms with E-state index in [0.717, 1.165) is 6.07 Å². The van der Waals surface area contributed by atoms with Crippen molar-refractivity contribution >= 4 is 33.0 Å². The summed E-state index contributed by atoms with van der Waals surface area (Å²) in [5.74, 6) is -1.22. The normalized spacial score (nSPS) is 16.8. The Balaban J connectivity index is 1.87. The average Bonchev–Trinajstić information content (AvgIpc) is 3.16. The van der Waals surface area contributed by atoms with E-state index >= 15 is 0 Å². The summed E-state index contributed by atoms with van der Waals surface area (Å²) in [6.07, 6.45) is 0.685. The van der Waals surface area contributed by atoms with Crippen molar-refractivity contribution in [2.24, 2.45) is 5.92 Å². The van der Waals surface area contributed by atoms with Gasteiger partial charge < -0.3 is 14.8 Å². The standard InChI is InChI=1S/C19H19ClFNO5S/c1-26-18-5-3-14(28(24,25)11-12-6-7-27-10-12)9-15(18)19(23)22-13-2-4-16(20)17(21)8-13/h2-5,8-9,12H,6-7,10-11H2,1H3,(H,22,23)/t12-/m0/s1. The number of sulfone groups is 1. The third-order valence-corrected chi connectivity index (χ3v) is 6.62. The Morgan fingerprint density at radius 3 is 2.75 bits per heavy atom. The summed E-state index contributed by atoms with van der Waals surface area (Å²) in [7, 11) is -2.23. The molecule has 1 heterocycles. The van der Waals surface area contributed by atoms with Crippen molar-refractivity contribution in [1.82, 2.24) is 0 Å². The molecule has 0 bridgehead atoms. The zero-order valence-electron chi connectivity index (χ0n) is 15.1. The lowest BCUT2D eigenvalue weighted by Gasteiger charge is -2.13. The van der Waals surface area contributed by atoms with E-state index in [0.29, 0.717) is 19.6 Å². The molecule has 1 aliphatic heterocycles. The molecule has 1 N–H and O–H groups in total. The van der Waals surface area contributed by atoms with Crippen LogP contribution in [0.25, 0.3) is 0 Å². The number of methoxy groups -OCH3 is 1. The lowest BCUT2D eigenvalue weighted by Crippen LogP contribution is -2.18. The van der Waals surface area contributed by atoms with Crippen molar-refractivity contribution in [2.75, 3.05) is 31.4 Å². The maximum Gasteiger partial charge on any atom is 0.259 e. The Bertz CT molecular complexity index is 990.